The van der Waals surface area contributed by atoms with Crippen LogP contribution in [0.5, 0.6) is 0 Å². The Bertz CT molecular complexity index is 1080. The highest BCUT2D eigenvalue weighted by Crippen LogP contribution is 2.30. The monoisotopic (exact) mass is 458 g/mol. The van der Waals surface area contributed by atoms with Crippen molar-refractivity contribution in [2.24, 2.45) is 0 Å². The third-order valence-electron chi connectivity index (χ3n) is 4.67. The van der Waals surface area contributed by atoms with Gasteiger partial charge in [-0.1, -0.05) is 18.2 Å². The van der Waals surface area contributed by atoms with Crippen LogP contribution in [0.15, 0.2) is 60.9 Å². The fourth-order valence-electron chi connectivity index (χ4n) is 2.84. The molecule has 0 unspecified atom stereocenters. The zero-order chi connectivity index (χ0) is 23.8. The first-order valence-corrected chi connectivity index (χ1v) is 9.94. The van der Waals surface area contributed by atoms with Crippen LogP contribution in [0.3, 0.4) is 0 Å². The van der Waals surface area contributed by atoms with Crippen LogP contribution >= 0.6 is 0 Å². The summed E-state index contributed by atoms with van der Waals surface area (Å²) in [4.78, 5) is 31.6. The van der Waals surface area contributed by atoms with Gasteiger partial charge in [0.1, 0.15) is 5.82 Å². The number of carbonyl (C=O) groups is 2. The zero-order valence-electron chi connectivity index (χ0n) is 17.6. The van der Waals surface area contributed by atoms with Gasteiger partial charge in [-0.2, -0.15) is 13.2 Å². The molecule has 0 aliphatic carbocycles. The van der Waals surface area contributed by atoms with Gasteiger partial charge in [0, 0.05) is 31.0 Å². The number of rotatable bonds is 8. The highest BCUT2D eigenvalue weighted by molar-refractivity contribution is 5.94. The lowest BCUT2D eigenvalue weighted by Gasteiger charge is -2.09. The normalized spacial score (nSPS) is 11.0. The fraction of sp³-hybridized carbons (Fsp3) is 0.217. The van der Waals surface area contributed by atoms with Crippen LogP contribution < -0.4 is 10.6 Å². The molecular formula is C23H21F3N4O3. The third-order valence-corrected chi connectivity index (χ3v) is 4.67. The van der Waals surface area contributed by atoms with Crippen molar-refractivity contribution in [2.45, 2.75) is 19.1 Å². The molecule has 2 aromatic heterocycles. The molecular weight excluding hydrogens is 437 g/mol. The van der Waals surface area contributed by atoms with Crippen LogP contribution in [0.4, 0.5) is 19.0 Å². The second kappa shape index (κ2) is 10.6. The molecule has 0 aliphatic rings. The van der Waals surface area contributed by atoms with Crippen molar-refractivity contribution in [1.29, 1.82) is 0 Å². The summed E-state index contributed by atoms with van der Waals surface area (Å²) in [6.07, 6.45) is -1.24. The standard InChI is InChI=1S/C23H21F3N4O3/c1-33-21(31)10-11-27-22(32)17-5-9-20(30-14-17)29-13-15-2-8-19(28-12-15)16-3-6-18(7-4-16)23(24,25)26/h2-9,12,14H,10-11,13H2,1H3,(H,27,32)(H,29,30). The number of halogens is 3. The van der Waals surface area contributed by atoms with Crippen molar-refractivity contribution in [3.8, 4) is 11.3 Å². The van der Waals surface area contributed by atoms with Crippen LogP contribution in [-0.2, 0) is 22.3 Å². The molecule has 0 atom stereocenters. The first-order chi connectivity index (χ1) is 15.8. The van der Waals surface area contributed by atoms with Crippen LogP contribution in [0.1, 0.15) is 27.9 Å². The van der Waals surface area contributed by atoms with E-state index in [9.17, 15) is 22.8 Å². The summed E-state index contributed by atoms with van der Waals surface area (Å²) in [5.41, 5.74) is 1.65. The smallest absolute Gasteiger partial charge is 0.416 e. The van der Waals surface area contributed by atoms with Gasteiger partial charge in [0.25, 0.3) is 5.91 Å². The van der Waals surface area contributed by atoms with E-state index in [0.717, 1.165) is 17.7 Å². The Balaban J connectivity index is 1.52. The number of benzene rings is 1. The highest BCUT2D eigenvalue weighted by Gasteiger charge is 2.30. The van der Waals surface area contributed by atoms with E-state index >= 15 is 0 Å². The van der Waals surface area contributed by atoms with E-state index in [1.807, 2.05) is 6.07 Å². The number of amides is 1. The summed E-state index contributed by atoms with van der Waals surface area (Å²) in [5.74, 6) is -0.205. The maximum Gasteiger partial charge on any atom is 0.416 e. The van der Waals surface area contributed by atoms with Crippen LogP contribution in [-0.4, -0.2) is 35.5 Å². The van der Waals surface area contributed by atoms with Crippen LogP contribution in [0, 0.1) is 0 Å². The maximum absolute atomic E-state index is 12.7. The lowest BCUT2D eigenvalue weighted by atomic mass is 10.1. The molecule has 0 saturated heterocycles. The first kappa shape index (κ1) is 23.7. The molecule has 0 spiro atoms. The van der Waals surface area contributed by atoms with E-state index < -0.39 is 17.7 Å². The van der Waals surface area contributed by atoms with Crippen molar-refractivity contribution in [3.05, 3.63) is 77.6 Å². The van der Waals surface area contributed by atoms with Gasteiger partial charge < -0.3 is 15.4 Å². The number of hydrogen-bond acceptors (Lipinski definition) is 6. The Morgan fingerprint density at radius 1 is 0.970 bits per heavy atom. The quantitative estimate of drug-likeness (QED) is 0.495. The maximum atomic E-state index is 12.7. The van der Waals surface area contributed by atoms with Crippen molar-refractivity contribution < 1.29 is 27.5 Å². The number of ether oxygens (including phenoxy) is 1. The van der Waals surface area contributed by atoms with Crippen LogP contribution in [0.25, 0.3) is 11.3 Å². The number of hydrogen-bond donors (Lipinski definition) is 2. The Hall–Kier alpha value is -3.95. The molecule has 0 aliphatic heterocycles. The van der Waals surface area contributed by atoms with Gasteiger partial charge in [0.05, 0.1) is 30.4 Å². The van der Waals surface area contributed by atoms with Gasteiger partial charge in [-0.25, -0.2) is 4.98 Å². The predicted octanol–water partition coefficient (Wildman–Crippen LogP) is 4.07. The van der Waals surface area contributed by atoms with Gasteiger partial charge in [-0.05, 0) is 35.9 Å². The second-order valence-corrected chi connectivity index (χ2v) is 6.99. The number of pyridine rings is 2. The molecule has 172 valence electrons. The third kappa shape index (κ3) is 6.76. The largest absolute Gasteiger partial charge is 0.469 e. The van der Waals surface area contributed by atoms with Crippen molar-refractivity contribution in [2.75, 3.05) is 19.0 Å². The topological polar surface area (TPSA) is 93.2 Å². The molecule has 0 fully saturated rings. The van der Waals surface area contributed by atoms with Gasteiger partial charge in [0.15, 0.2) is 0 Å². The number of anilines is 1. The number of aromatic nitrogens is 2. The second-order valence-electron chi connectivity index (χ2n) is 6.99. The molecule has 10 heteroatoms. The SMILES string of the molecule is COC(=O)CCNC(=O)c1ccc(NCc2ccc(-c3ccc(C(F)(F)F)cc3)nc2)nc1. The van der Waals surface area contributed by atoms with E-state index in [0.29, 0.717) is 29.2 Å². The molecule has 33 heavy (non-hydrogen) atoms. The highest BCUT2D eigenvalue weighted by atomic mass is 19.4. The van der Waals surface area contributed by atoms with E-state index in [4.69, 9.17) is 0 Å². The Morgan fingerprint density at radius 2 is 1.73 bits per heavy atom. The number of esters is 1. The Labute approximate surface area is 188 Å². The minimum Gasteiger partial charge on any atom is -0.469 e. The summed E-state index contributed by atoms with van der Waals surface area (Å²) in [6.45, 7) is 0.582. The molecule has 2 N–H and O–H groups in total. The molecule has 7 nitrogen and oxygen atoms in total. The molecule has 2 heterocycles. The van der Waals surface area contributed by atoms with E-state index in [-0.39, 0.29) is 18.9 Å². The zero-order valence-corrected chi connectivity index (χ0v) is 17.6. The van der Waals surface area contributed by atoms with Crippen molar-refractivity contribution in [3.63, 3.8) is 0 Å². The molecule has 1 aromatic carbocycles. The lowest BCUT2D eigenvalue weighted by molar-refractivity contribution is -0.140. The molecule has 0 radical (unpaired) electrons. The Morgan fingerprint density at radius 3 is 2.30 bits per heavy atom. The minimum atomic E-state index is -4.37. The van der Waals surface area contributed by atoms with Crippen molar-refractivity contribution in [1.82, 2.24) is 15.3 Å². The van der Waals surface area contributed by atoms with E-state index in [1.165, 1.54) is 25.4 Å². The number of methoxy groups -OCH3 is 1. The molecule has 0 bridgehead atoms. The van der Waals surface area contributed by atoms with Gasteiger partial charge in [-0.3, -0.25) is 14.6 Å². The van der Waals surface area contributed by atoms with Crippen LogP contribution in [0.2, 0.25) is 0 Å². The summed E-state index contributed by atoms with van der Waals surface area (Å²) >= 11 is 0. The minimum absolute atomic E-state index is 0.0843. The molecule has 3 aromatic rings. The number of alkyl halides is 3. The number of nitrogens with one attached hydrogen (secondary N) is 2. The molecule has 1 amide bonds. The summed E-state index contributed by atoms with van der Waals surface area (Å²) < 4.78 is 42.6. The molecule has 3 rings (SSSR count). The average Bonchev–Trinajstić information content (AvgIpc) is 2.82. The summed E-state index contributed by atoms with van der Waals surface area (Å²) in [7, 11) is 1.28. The van der Waals surface area contributed by atoms with Gasteiger partial charge in [-0.15, -0.1) is 0 Å². The van der Waals surface area contributed by atoms with Crippen molar-refractivity contribution >= 4 is 17.7 Å². The average molecular weight is 458 g/mol. The van der Waals surface area contributed by atoms with Gasteiger partial charge in [0.2, 0.25) is 0 Å². The summed E-state index contributed by atoms with van der Waals surface area (Å²) in [5, 5.41) is 5.71. The predicted molar refractivity (Wildman–Crippen MR) is 115 cm³/mol. The van der Waals surface area contributed by atoms with Gasteiger partial charge >= 0.3 is 12.1 Å². The lowest BCUT2D eigenvalue weighted by Crippen LogP contribution is -2.26. The number of carbonyl (C=O) groups excluding carboxylic acids is 2. The summed E-state index contributed by atoms with van der Waals surface area (Å²) in [6, 6.07) is 11.6. The number of nitrogens with zero attached hydrogens (tertiary/aromatic N) is 2. The first-order valence-electron chi connectivity index (χ1n) is 9.94. The fourth-order valence-corrected chi connectivity index (χ4v) is 2.84. The van der Waals surface area contributed by atoms with E-state index in [1.54, 1.807) is 24.4 Å². The Kier molecular flexibility index (Phi) is 7.60. The molecule has 0 saturated carbocycles. The van der Waals surface area contributed by atoms with E-state index in [2.05, 4.69) is 25.3 Å².